The molecule has 1 aliphatic carbocycles. The fourth-order valence-corrected chi connectivity index (χ4v) is 3.21. The predicted octanol–water partition coefficient (Wildman–Crippen LogP) is 1.77. The number of nitrogens with zero attached hydrogens (tertiary/aromatic N) is 4. The van der Waals surface area contributed by atoms with Crippen molar-refractivity contribution in [2.24, 2.45) is 5.41 Å². The molecule has 0 unspecified atom stereocenters. The monoisotopic (exact) mass is 343 g/mol. The number of aliphatic hydroxyl groups excluding tert-OH is 1. The molecule has 134 valence electrons. The first-order valence-electron chi connectivity index (χ1n) is 8.62. The van der Waals surface area contributed by atoms with Crippen LogP contribution in [0.3, 0.4) is 0 Å². The minimum atomic E-state index is -0.396. The van der Waals surface area contributed by atoms with Crippen LogP contribution < -0.4 is 4.90 Å². The van der Waals surface area contributed by atoms with E-state index in [0.29, 0.717) is 12.2 Å². The van der Waals surface area contributed by atoms with Crippen molar-refractivity contribution >= 4 is 11.6 Å². The van der Waals surface area contributed by atoms with E-state index in [1.807, 2.05) is 25.8 Å². The van der Waals surface area contributed by atoms with Crippen molar-refractivity contribution in [1.29, 1.82) is 0 Å². The number of aryl methyl sites for hydroxylation is 1. The van der Waals surface area contributed by atoms with E-state index in [1.165, 1.54) is 0 Å². The van der Waals surface area contributed by atoms with E-state index in [2.05, 4.69) is 15.0 Å². The maximum atomic E-state index is 12.4. The minimum absolute atomic E-state index is 0.00463. The van der Waals surface area contributed by atoms with Crippen LogP contribution in [0, 0.1) is 5.41 Å². The van der Waals surface area contributed by atoms with Gasteiger partial charge in [0, 0.05) is 31.3 Å². The Labute approximate surface area is 147 Å². The Bertz CT molecular complexity index is 755. The van der Waals surface area contributed by atoms with Crippen LogP contribution in [0.4, 0.5) is 5.82 Å². The Balaban J connectivity index is 1.85. The van der Waals surface area contributed by atoms with Gasteiger partial charge in [-0.05, 0) is 24.7 Å². The number of H-pyrrole nitrogens is 1. The summed E-state index contributed by atoms with van der Waals surface area (Å²) in [6, 6.07) is 0. The molecule has 0 atom stereocenters. The lowest BCUT2D eigenvalue weighted by Gasteiger charge is -2.24. The van der Waals surface area contributed by atoms with Gasteiger partial charge in [-0.25, -0.2) is 15.0 Å². The van der Waals surface area contributed by atoms with Gasteiger partial charge < -0.3 is 15.0 Å². The number of hydrogen-bond donors (Lipinski definition) is 2. The molecule has 0 saturated carbocycles. The predicted molar refractivity (Wildman–Crippen MR) is 95.4 cm³/mol. The van der Waals surface area contributed by atoms with Crippen LogP contribution in [0.25, 0.3) is 11.5 Å². The van der Waals surface area contributed by atoms with Crippen molar-refractivity contribution in [2.75, 3.05) is 25.1 Å². The fraction of sp³-hybridized carbons (Fsp3) is 0.556. The smallest absolute Gasteiger partial charge is 0.179 e. The van der Waals surface area contributed by atoms with Gasteiger partial charge in [0.1, 0.15) is 11.5 Å². The van der Waals surface area contributed by atoms with Gasteiger partial charge >= 0.3 is 0 Å². The van der Waals surface area contributed by atoms with Gasteiger partial charge in [-0.15, -0.1) is 0 Å². The van der Waals surface area contributed by atoms with Crippen LogP contribution in [0.1, 0.15) is 37.9 Å². The molecule has 0 aromatic carbocycles. The number of carbonyl (C=O) groups excluding carboxylic acids is 1. The second-order valence-electron chi connectivity index (χ2n) is 7.51. The van der Waals surface area contributed by atoms with Crippen molar-refractivity contribution in [2.45, 2.75) is 39.5 Å². The number of fused-ring (bicyclic) bond motifs is 1. The van der Waals surface area contributed by atoms with Gasteiger partial charge in [-0.2, -0.15) is 0 Å². The zero-order chi connectivity index (χ0) is 18.0. The molecule has 0 saturated heterocycles. The van der Waals surface area contributed by atoms with Crippen LogP contribution in [0.2, 0.25) is 0 Å². The number of aromatic nitrogens is 4. The molecule has 0 radical (unpaired) electrons. The third-order valence-electron chi connectivity index (χ3n) is 4.53. The van der Waals surface area contributed by atoms with Crippen LogP contribution >= 0.6 is 0 Å². The third kappa shape index (κ3) is 3.87. The molecule has 1 aliphatic rings. The second kappa shape index (κ2) is 6.92. The standard InChI is InChI=1S/C18H25N5O2/c1-18(2,10-24)7-12(25)9-23(3)17-13-5-4-6-14(13)21-16(22-17)15-8-19-11-20-15/h8,11,24H,4-7,9-10H2,1-3H3,(H,19,20). The number of Topliss-reactive ketones (excluding diaryl/α,β-unsaturated/α-hetero) is 1. The maximum absolute atomic E-state index is 12.4. The van der Waals surface area contributed by atoms with Crippen LogP contribution in [0.5, 0.6) is 0 Å². The SMILES string of the molecule is CN(CC(=O)CC(C)(C)CO)c1nc(-c2cnc[nH]2)nc2c1CCC2. The number of aromatic amines is 1. The molecule has 2 N–H and O–H groups in total. The molecule has 0 spiro atoms. The van der Waals surface area contributed by atoms with E-state index in [9.17, 15) is 9.90 Å². The van der Waals surface area contributed by atoms with Gasteiger partial charge in [-0.3, -0.25) is 4.79 Å². The highest BCUT2D eigenvalue weighted by Gasteiger charge is 2.25. The second-order valence-corrected chi connectivity index (χ2v) is 7.51. The third-order valence-corrected chi connectivity index (χ3v) is 4.53. The lowest BCUT2D eigenvalue weighted by molar-refractivity contribution is -0.120. The van der Waals surface area contributed by atoms with E-state index in [0.717, 1.165) is 42.0 Å². The molecule has 0 aliphatic heterocycles. The number of carbonyl (C=O) groups is 1. The number of aliphatic hydroxyl groups is 1. The summed E-state index contributed by atoms with van der Waals surface area (Å²) in [6.45, 7) is 4.05. The highest BCUT2D eigenvalue weighted by molar-refractivity contribution is 5.84. The van der Waals surface area contributed by atoms with Crippen molar-refractivity contribution in [3.63, 3.8) is 0 Å². The number of anilines is 1. The summed E-state index contributed by atoms with van der Waals surface area (Å²) in [7, 11) is 1.89. The van der Waals surface area contributed by atoms with E-state index >= 15 is 0 Å². The summed E-state index contributed by atoms with van der Waals surface area (Å²) in [5.41, 5.74) is 2.58. The number of hydrogen-bond acceptors (Lipinski definition) is 6. The molecular formula is C18H25N5O2. The lowest BCUT2D eigenvalue weighted by Crippen LogP contribution is -2.31. The minimum Gasteiger partial charge on any atom is -0.396 e. The highest BCUT2D eigenvalue weighted by Crippen LogP contribution is 2.30. The van der Waals surface area contributed by atoms with Crippen molar-refractivity contribution in [1.82, 2.24) is 19.9 Å². The van der Waals surface area contributed by atoms with Crippen LogP contribution in [-0.2, 0) is 17.6 Å². The van der Waals surface area contributed by atoms with Crippen molar-refractivity contribution < 1.29 is 9.90 Å². The van der Waals surface area contributed by atoms with Gasteiger partial charge in [0.15, 0.2) is 11.6 Å². The first kappa shape index (κ1) is 17.5. The fourth-order valence-electron chi connectivity index (χ4n) is 3.21. The number of ketones is 1. The molecule has 2 heterocycles. The molecule has 0 amide bonds. The van der Waals surface area contributed by atoms with E-state index in [1.54, 1.807) is 12.5 Å². The normalized spacial score (nSPS) is 13.8. The molecule has 2 aromatic heterocycles. The molecule has 0 fully saturated rings. The first-order valence-corrected chi connectivity index (χ1v) is 8.62. The quantitative estimate of drug-likeness (QED) is 0.795. The van der Waals surface area contributed by atoms with Gasteiger partial charge in [0.25, 0.3) is 0 Å². The summed E-state index contributed by atoms with van der Waals surface area (Å²) in [5.74, 6) is 1.53. The van der Waals surface area contributed by atoms with Gasteiger partial charge in [0.05, 0.1) is 19.1 Å². The molecule has 7 nitrogen and oxygen atoms in total. The number of nitrogens with one attached hydrogen (secondary N) is 1. The highest BCUT2D eigenvalue weighted by atomic mass is 16.3. The Morgan fingerprint density at radius 1 is 1.36 bits per heavy atom. The zero-order valence-electron chi connectivity index (χ0n) is 15.0. The average Bonchev–Trinajstić information content (AvgIpc) is 3.24. The first-order chi connectivity index (χ1) is 11.9. The van der Waals surface area contributed by atoms with E-state index < -0.39 is 5.41 Å². The Hall–Kier alpha value is -2.28. The molecule has 7 heteroatoms. The zero-order valence-corrected chi connectivity index (χ0v) is 15.0. The van der Waals surface area contributed by atoms with Crippen molar-refractivity contribution in [3.8, 4) is 11.5 Å². The number of imidazole rings is 1. The van der Waals surface area contributed by atoms with E-state index in [-0.39, 0.29) is 18.9 Å². The molecule has 0 bridgehead atoms. The molecule has 25 heavy (non-hydrogen) atoms. The van der Waals surface area contributed by atoms with Crippen LogP contribution in [-0.4, -0.2) is 51.0 Å². The summed E-state index contributed by atoms with van der Waals surface area (Å²) < 4.78 is 0. The molecular weight excluding hydrogens is 318 g/mol. The average molecular weight is 343 g/mol. The lowest BCUT2D eigenvalue weighted by atomic mass is 9.88. The largest absolute Gasteiger partial charge is 0.396 e. The Kier molecular flexibility index (Phi) is 4.85. The number of rotatable bonds is 7. The Morgan fingerprint density at radius 2 is 2.16 bits per heavy atom. The van der Waals surface area contributed by atoms with Crippen LogP contribution in [0.15, 0.2) is 12.5 Å². The molecule has 3 rings (SSSR count). The van der Waals surface area contributed by atoms with Gasteiger partial charge in [-0.1, -0.05) is 13.8 Å². The number of likely N-dealkylation sites (N-methyl/N-ethyl adjacent to an activating group) is 1. The van der Waals surface area contributed by atoms with E-state index in [4.69, 9.17) is 4.98 Å². The summed E-state index contributed by atoms with van der Waals surface area (Å²) in [5, 5.41) is 9.37. The summed E-state index contributed by atoms with van der Waals surface area (Å²) in [6.07, 6.45) is 6.59. The summed E-state index contributed by atoms with van der Waals surface area (Å²) in [4.78, 5) is 30.7. The van der Waals surface area contributed by atoms with Crippen molar-refractivity contribution in [3.05, 3.63) is 23.8 Å². The molecule has 2 aromatic rings. The topological polar surface area (TPSA) is 95.0 Å². The Morgan fingerprint density at radius 3 is 2.84 bits per heavy atom. The van der Waals surface area contributed by atoms with Gasteiger partial charge in [0.2, 0.25) is 0 Å². The maximum Gasteiger partial charge on any atom is 0.179 e. The summed E-state index contributed by atoms with van der Waals surface area (Å²) >= 11 is 0.